The number of carboxylic acid groups (broad SMARTS) is 3. The molecule has 30 nitrogen and oxygen atoms in total. The zero-order valence-corrected chi connectivity index (χ0v) is 51.0. The lowest BCUT2D eigenvalue weighted by Gasteiger charge is -2.30. The van der Waals surface area contributed by atoms with E-state index in [1.54, 1.807) is 102 Å². The van der Waals surface area contributed by atoms with E-state index in [0.717, 1.165) is 19.4 Å². The summed E-state index contributed by atoms with van der Waals surface area (Å²) in [6.07, 6.45) is -5.25. The van der Waals surface area contributed by atoms with Crippen LogP contribution in [0.5, 0.6) is 0 Å². The number of carboxylic acids is 3. The Morgan fingerprint density at radius 1 is 0.483 bits per heavy atom. The minimum absolute atomic E-state index is 0.128. The zero-order valence-electron chi connectivity index (χ0n) is 51.0. The second-order valence-electron chi connectivity index (χ2n) is 22.9. The van der Waals surface area contributed by atoms with Gasteiger partial charge in [0.15, 0.2) is 0 Å². The first kappa shape index (κ1) is 74.2. The number of fused-ring (bicyclic) bond motifs is 1. The van der Waals surface area contributed by atoms with Crippen molar-refractivity contribution in [3.05, 3.63) is 71.9 Å². The molecule has 3 rings (SSSR count). The summed E-state index contributed by atoms with van der Waals surface area (Å²) in [6, 6.07) is -0.882. The molecule has 1 heterocycles. The number of amides is 10. The largest absolute Gasteiger partial charge is 0.481 e. The molecule has 0 spiro atoms. The van der Waals surface area contributed by atoms with Crippen molar-refractivity contribution < 1.29 is 87.9 Å². The van der Waals surface area contributed by atoms with Gasteiger partial charge in [0.05, 0.1) is 31.1 Å². The summed E-state index contributed by atoms with van der Waals surface area (Å²) in [5.41, 5.74) is 13.6. The Morgan fingerprint density at radius 2 is 0.888 bits per heavy atom. The van der Waals surface area contributed by atoms with E-state index in [4.69, 9.17) is 11.5 Å². The van der Waals surface area contributed by atoms with Crippen molar-refractivity contribution in [3.8, 4) is 0 Å². The van der Waals surface area contributed by atoms with Crippen molar-refractivity contribution in [2.75, 3.05) is 0 Å². The van der Waals surface area contributed by atoms with Crippen molar-refractivity contribution in [1.82, 2.24) is 52.8 Å². The van der Waals surface area contributed by atoms with Crippen LogP contribution in [-0.4, -0.2) is 180 Å². The van der Waals surface area contributed by atoms with E-state index in [1.165, 1.54) is 0 Å². The van der Waals surface area contributed by atoms with E-state index < -0.39 is 193 Å². The van der Waals surface area contributed by atoms with Crippen LogP contribution in [0.2, 0.25) is 0 Å². The van der Waals surface area contributed by atoms with Crippen LogP contribution in [0.3, 0.4) is 0 Å². The number of aliphatic hydroxyl groups excluding tert-OH is 2. The fraction of sp³-hybridized carbons (Fsp3) is 0.542. The lowest BCUT2D eigenvalue weighted by atomic mass is 9.96. The summed E-state index contributed by atoms with van der Waals surface area (Å²) >= 11 is 0. The van der Waals surface area contributed by atoms with Crippen molar-refractivity contribution in [3.63, 3.8) is 0 Å². The number of nitrogens with two attached hydrogens (primary N) is 2. The first-order valence-electron chi connectivity index (χ1n) is 29.1. The van der Waals surface area contributed by atoms with Gasteiger partial charge < -0.3 is 89.8 Å². The van der Waals surface area contributed by atoms with Gasteiger partial charge in [-0.05, 0) is 74.5 Å². The molecule has 30 heteroatoms. The number of hydrogen-bond donors (Lipinski definition) is 17. The van der Waals surface area contributed by atoms with E-state index >= 15 is 0 Å². The Bertz CT molecular complexity index is 2970. The predicted octanol–water partition coefficient (Wildman–Crippen LogP) is -2.16. The fourth-order valence-corrected chi connectivity index (χ4v) is 9.29. The van der Waals surface area contributed by atoms with Crippen molar-refractivity contribution >= 4 is 87.9 Å². The summed E-state index contributed by atoms with van der Waals surface area (Å²) in [5.74, 6) is -17.2. The van der Waals surface area contributed by atoms with Crippen molar-refractivity contribution in [2.45, 2.75) is 186 Å². The SMILES string of the molecule is CC[C@H](C)[C@H](NC(=O)[C@@H](N)Cc1ccccc1)C(=O)N[C@@H](CCC(N)=O)C(=O)N[C@H](C(=O)N[C@@H](CC(C)C)C(=O)N[C@@H](CC(=O)O)C(=O)N[C@@H](CC(=O)O)C(=O)N[C@@H](CC(C)C)C(=O)N[C@H](C(=O)N[C@@H](Cc1c[nH]c2ccccc12)C(=O)O)[C@@H](C)O)[C@@H](C)O. The third-order valence-electron chi connectivity index (χ3n) is 14.3. The number of rotatable bonds is 38. The molecule has 0 radical (unpaired) electrons. The Balaban J connectivity index is 1.83. The van der Waals surface area contributed by atoms with E-state index in [-0.39, 0.29) is 25.7 Å². The Labute approximate surface area is 514 Å². The lowest BCUT2D eigenvalue weighted by molar-refractivity contribution is -0.144. The fourth-order valence-electron chi connectivity index (χ4n) is 9.29. The molecule has 19 N–H and O–H groups in total. The second kappa shape index (κ2) is 35.7. The Hall–Kier alpha value is -9.03. The van der Waals surface area contributed by atoms with Gasteiger partial charge in [-0.3, -0.25) is 57.5 Å². The lowest BCUT2D eigenvalue weighted by Crippen LogP contribution is -2.62. The van der Waals surface area contributed by atoms with Crippen LogP contribution in [0.25, 0.3) is 10.9 Å². The third-order valence-corrected chi connectivity index (χ3v) is 14.3. The first-order chi connectivity index (χ1) is 41.7. The third kappa shape index (κ3) is 24.6. The number of nitrogens with one attached hydrogen (secondary N) is 10. The molecule has 0 aliphatic heterocycles. The van der Waals surface area contributed by atoms with Crippen LogP contribution < -0.4 is 59.3 Å². The molecule has 13 atom stereocenters. The standard InChI is InChI=1S/C59H86N12O18/c1-9-30(6)47(69-50(79)36(60)23-33-15-11-10-12-16-33)56(85)63-38(19-20-44(61)74)51(80)70-48(31(7)72)57(86)67-39(21-28(2)3)52(81)65-42(26-46(77)78)54(83)66-41(25-45(75)76)53(82)64-40(22-29(4)5)55(84)71-49(32(8)73)58(87)68-43(59(88)89)24-34-27-62-37-18-14-13-17-35(34)37/h10-18,27-32,36,38-43,47-49,62,72-73H,9,19-26,60H2,1-8H3,(H2,61,74)(H,63,85)(H,64,82)(H,65,81)(H,66,83)(H,67,86)(H,68,87)(H,69,79)(H,70,80)(H,71,84)(H,75,76)(H,77,78)(H,88,89)/t30-,31+,32+,36-,38-,39-,40-,41-,42-,43-,47-,48-,49-/m0/s1. The van der Waals surface area contributed by atoms with Crippen LogP contribution in [0.15, 0.2) is 60.8 Å². The molecule has 89 heavy (non-hydrogen) atoms. The predicted molar refractivity (Wildman–Crippen MR) is 320 cm³/mol. The molecule has 2 aromatic carbocycles. The van der Waals surface area contributed by atoms with Gasteiger partial charge in [0.25, 0.3) is 0 Å². The normalized spacial score (nSPS) is 15.7. The van der Waals surface area contributed by atoms with E-state index in [9.17, 15) is 87.9 Å². The minimum Gasteiger partial charge on any atom is -0.481 e. The summed E-state index contributed by atoms with van der Waals surface area (Å²) in [4.78, 5) is 176. The Morgan fingerprint density at radius 3 is 1.35 bits per heavy atom. The number of carbonyl (C=O) groups is 13. The van der Waals surface area contributed by atoms with Gasteiger partial charge in [-0.15, -0.1) is 0 Å². The summed E-state index contributed by atoms with van der Waals surface area (Å²) in [7, 11) is 0. The van der Waals surface area contributed by atoms with Crippen LogP contribution in [-0.2, 0) is 75.2 Å². The maximum absolute atomic E-state index is 14.1. The summed E-state index contributed by atoms with van der Waals surface area (Å²) in [6.45, 7) is 12.1. The van der Waals surface area contributed by atoms with E-state index in [0.29, 0.717) is 22.9 Å². The molecule has 490 valence electrons. The monoisotopic (exact) mass is 1250 g/mol. The molecule has 0 unspecified atom stereocenters. The molecule has 0 saturated heterocycles. The Kier molecular flexibility index (Phi) is 29.8. The second-order valence-corrected chi connectivity index (χ2v) is 22.9. The number of aromatic nitrogens is 1. The molecule has 3 aromatic rings. The molecule has 0 saturated carbocycles. The first-order valence-corrected chi connectivity index (χ1v) is 29.1. The number of hydrogen-bond acceptors (Lipinski definition) is 16. The van der Waals surface area contributed by atoms with Gasteiger partial charge in [-0.2, -0.15) is 0 Å². The van der Waals surface area contributed by atoms with E-state index in [2.05, 4.69) is 52.8 Å². The smallest absolute Gasteiger partial charge is 0.326 e. The average Bonchev–Trinajstić information content (AvgIpc) is 3.03. The highest BCUT2D eigenvalue weighted by molar-refractivity contribution is 6.00. The van der Waals surface area contributed by atoms with E-state index in [1.807, 2.05) is 0 Å². The zero-order chi connectivity index (χ0) is 67.0. The number of aliphatic carboxylic acids is 3. The maximum Gasteiger partial charge on any atom is 0.326 e. The number of primary amides is 1. The molecule has 0 fully saturated rings. The topological polar surface area (TPSA) is 499 Å². The maximum atomic E-state index is 14.1. The summed E-state index contributed by atoms with van der Waals surface area (Å²) < 4.78 is 0. The highest BCUT2D eigenvalue weighted by Crippen LogP contribution is 2.20. The summed E-state index contributed by atoms with van der Waals surface area (Å²) in [5, 5.41) is 73.0. The number of aliphatic hydroxyl groups is 2. The molecule has 0 bridgehead atoms. The van der Waals surface area contributed by atoms with Gasteiger partial charge in [-0.1, -0.05) is 96.5 Å². The van der Waals surface area contributed by atoms with Gasteiger partial charge in [0.1, 0.15) is 54.4 Å². The van der Waals surface area contributed by atoms with Gasteiger partial charge >= 0.3 is 17.9 Å². The quantitative estimate of drug-likeness (QED) is 0.0291. The molecular formula is C59H86N12O18. The highest BCUT2D eigenvalue weighted by atomic mass is 16.4. The number of aromatic amines is 1. The van der Waals surface area contributed by atoms with Gasteiger partial charge in [0.2, 0.25) is 59.1 Å². The molecule has 0 aliphatic rings. The molecular weight excluding hydrogens is 1160 g/mol. The highest BCUT2D eigenvalue weighted by Gasteiger charge is 2.39. The van der Waals surface area contributed by atoms with Crippen LogP contribution >= 0.6 is 0 Å². The van der Waals surface area contributed by atoms with Crippen LogP contribution in [0.1, 0.15) is 111 Å². The van der Waals surface area contributed by atoms with Gasteiger partial charge in [-0.25, -0.2) is 4.79 Å². The average molecular weight is 1250 g/mol. The van der Waals surface area contributed by atoms with Gasteiger partial charge in [0, 0.05) is 29.9 Å². The van der Waals surface area contributed by atoms with Crippen LogP contribution in [0.4, 0.5) is 0 Å². The molecule has 0 aliphatic carbocycles. The number of benzene rings is 2. The van der Waals surface area contributed by atoms with Crippen LogP contribution in [0, 0.1) is 17.8 Å². The number of H-pyrrole nitrogens is 1. The van der Waals surface area contributed by atoms with Crippen molar-refractivity contribution in [1.29, 1.82) is 0 Å². The molecule has 1 aromatic heterocycles. The van der Waals surface area contributed by atoms with Crippen molar-refractivity contribution in [2.24, 2.45) is 29.2 Å². The minimum atomic E-state index is -2.10. The molecule has 10 amide bonds. The number of para-hydroxylation sites is 1. The number of carbonyl (C=O) groups excluding carboxylic acids is 10.